The average molecular weight is 663 g/mol. The van der Waals surface area contributed by atoms with Gasteiger partial charge in [0.1, 0.15) is 5.01 Å². The molecule has 10 heteroatoms. The number of hydrogen-bond acceptors (Lipinski definition) is 8. The van der Waals surface area contributed by atoms with Crippen LogP contribution < -0.4 is 10.6 Å². The molecule has 5 aromatic rings. The van der Waals surface area contributed by atoms with Crippen LogP contribution in [0.4, 0.5) is 0 Å². The number of carbonyl (C=O) groups is 2. The lowest BCUT2D eigenvalue weighted by molar-refractivity contribution is 0.0784. The molecular formula is C38H42N6O3S. The highest BCUT2D eigenvalue weighted by Crippen LogP contribution is 2.24. The lowest BCUT2D eigenvalue weighted by atomic mass is 9.97. The number of aliphatic hydroxyl groups excluding tert-OH is 1. The number of amides is 2. The van der Waals surface area contributed by atoms with E-state index in [-0.39, 0.29) is 18.4 Å². The zero-order valence-corrected chi connectivity index (χ0v) is 28.6. The number of hydrogen-bond donors (Lipinski definition) is 3. The first-order valence-corrected chi connectivity index (χ1v) is 16.9. The highest BCUT2D eigenvalue weighted by atomic mass is 32.1. The number of carbonyl (C=O) groups excluding carboxylic acids is 2. The minimum Gasteiger partial charge on any atom is -0.390 e. The van der Waals surface area contributed by atoms with Gasteiger partial charge in [-0.05, 0) is 77.4 Å². The number of aromatic nitrogens is 3. The molecule has 0 aliphatic heterocycles. The molecule has 0 spiro atoms. The molecule has 3 N–H and O–H groups in total. The van der Waals surface area contributed by atoms with Crippen molar-refractivity contribution in [1.82, 2.24) is 30.5 Å². The Morgan fingerprint density at radius 2 is 1.67 bits per heavy atom. The summed E-state index contributed by atoms with van der Waals surface area (Å²) in [5.41, 5.74) is 6.31. The van der Waals surface area contributed by atoms with Gasteiger partial charge >= 0.3 is 0 Å². The molecule has 3 heterocycles. The molecule has 0 unspecified atom stereocenters. The summed E-state index contributed by atoms with van der Waals surface area (Å²) >= 11 is 1.51. The second-order valence-electron chi connectivity index (χ2n) is 12.3. The Morgan fingerprint density at radius 1 is 0.917 bits per heavy atom. The van der Waals surface area contributed by atoms with E-state index in [0.717, 1.165) is 33.0 Å². The Bertz CT molecular complexity index is 1810. The zero-order valence-electron chi connectivity index (χ0n) is 27.8. The fourth-order valence-electron chi connectivity index (χ4n) is 5.39. The number of pyridine rings is 2. The standard InChI is InChI=1S/C38H42N6O3S/c1-25(2)33-14-28(19-40-21-33)20-41-22-35(45)34(15-27-8-6-5-7-9-27)43-37(46)31-16-30(29-10-12-39-13-11-29)17-32(18-31)38(47)44(4)23-36-42-26(3)24-48-36/h5-14,16-19,21,24-25,34-35,41,45H,15,20,22-23H2,1-4H3,(H,43,46)/t34-,35+/m0/s1. The van der Waals surface area contributed by atoms with Crippen LogP contribution >= 0.6 is 11.3 Å². The van der Waals surface area contributed by atoms with Crippen molar-refractivity contribution in [2.75, 3.05) is 13.6 Å². The van der Waals surface area contributed by atoms with Crippen LogP contribution in [0.1, 0.15) is 67.9 Å². The van der Waals surface area contributed by atoms with Crippen molar-refractivity contribution in [3.8, 4) is 11.1 Å². The van der Waals surface area contributed by atoms with E-state index in [1.165, 1.54) is 11.3 Å². The topological polar surface area (TPSA) is 120 Å². The van der Waals surface area contributed by atoms with Crippen molar-refractivity contribution in [2.24, 2.45) is 0 Å². The third-order valence-electron chi connectivity index (χ3n) is 8.09. The highest BCUT2D eigenvalue weighted by molar-refractivity contribution is 7.09. The van der Waals surface area contributed by atoms with Crippen LogP contribution in [0.25, 0.3) is 11.1 Å². The van der Waals surface area contributed by atoms with Gasteiger partial charge in [-0.15, -0.1) is 11.3 Å². The normalized spacial score (nSPS) is 12.5. The minimum atomic E-state index is -0.896. The Labute approximate surface area is 286 Å². The van der Waals surface area contributed by atoms with Crippen LogP contribution in [0.2, 0.25) is 0 Å². The van der Waals surface area contributed by atoms with E-state index in [0.29, 0.717) is 42.1 Å². The van der Waals surface area contributed by atoms with Gasteiger partial charge in [0.15, 0.2) is 0 Å². The first-order valence-electron chi connectivity index (χ1n) is 16.1. The van der Waals surface area contributed by atoms with Crippen molar-refractivity contribution in [3.05, 3.63) is 135 Å². The van der Waals surface area contributed by atoms with Gasteiger partial charge in [0, 0.05) is 67.1 Å². The van der Waals surface area contributed by atoms with Crippen molar-refractivity contribution >= 4 is 23.2 Å². The molecule has 0 fully saturated rings. The van der Waals surface area contributed by atoms with E-state index in [1.54, 1.807) is 42.5 Å². The smallest absolute Gasteiger partial charge is 0.254 e. The molecule has 9 nitrogen and oxygen atoms in total. The predicted octanol–water partition coefficient (Wildman–Crippen LogP) is 5.80. The third kappa shape index (κ3) is 9.41. The summed E-state index contributed by atoms with van der Waals surface area (Å²) in [6.07, 6.45) is 6.57. The minimum absolute atomic E-state index is 0.228. The highest BCUT2D eigenvalue weighted by Gasteiger charge is 2.24. The van der Waals surface area contributed by atoms with Crippen molar-refractivity contribution < 1.29 is 14.7 Å². The second kappa shape index (κ2) is 16.4. The molecule has 5 rings (SSSR count). The van der Waals surface area contributed by atoms with Gasteiger partial charge < -0.3 is 20.6 Å². The van der Waals surface area contributed by atoms with Crippen molar-refractivity contribution in [2.45, 2.75) is 58.3 Å². The molecule has 248 valence electrons. The molecule has 2 atom stereocenters. The van der Waals surface area contributed by atoms with Gasteiger partial charge in [-0.25, -0.2) is 4.98 Å². The van der Waals surface area contributed by atoms with Crippen LogP contribution in [0.5, 0.6) is 0 Å². The first-order chi connectivity index (χ1) is 23.2. The lowest BCUT2D eigenvalue weighted by Crippen LogP contribution is -2.48. The van der Waals surface area contributed by atoms with Gasteiger partial charge in [0.2, 0.25) is 0 Å². The molecule has 2 aromatic carbocycles. The largest absolute Gasteiger partial charge is 0.390 e. The van der Waals surface area contributed by atoms with Crippen LogP contribution in [0.3, 0.4) is 0 Å². The van der Waals surface area contributed by atoms with E-state index >= 15 is 0 Å². The maximum absolute atomic E-state index is 14.0. The van der Waals surface area contributed by atoms with Crippen molar-refractivity contribution in [3.63, 3.8) is 0 Å². The number of thiazole rings is 1. The summed E-state index contributed by atoms with van der Waals surface area (Å²) in [6, 6.07) is 20.1. The van der Waals surface area contributed by atoms with Gasteiger partial charge in [0.25, 0.3) is 11.8 Å². The number of aryl methyl sites for hydroxylation is 1. The number of benzene rings is 2. The summed E-state index contributed by atoms with van der Waals surface area (Å²) < 4.78 is 0. The molecule has 0 radical (unpaired) electrons. The van der Waals surface area contributed by atoms with E-state index in [2.05, 4.69) is 45.5 Å². The van der Waals surface area contributed by atoms with E-state index in [1.807, 2.05) is 67.2 Å². The summed E-state index contributed by atoms with van der Waals surface area (Å²) in [5.74, 6) is -0.245. The van der Waals surface area contributed by atoms with Gasteiger partial charge in [-0.2, -0.15) is 0 Å². The van der Waals surface area contributed by atoms with Crippen LogP contribution in [0, 0.1) is 6.92 Å². The quantitative estimate of drug-likeness (QED) is 0.138. The fraction of sp³-hybridized carbons (Fsp3) is 0.289. The van der Waals surface area contributed by atoms with E-state index in [4.69, 9.17) is 0 Å². The summed E-state index contributed by atoms with van der Waals surface area (Å²) in [5, 5.41) is 20.6. The molecule has 0 saturated carbocycles. The lowest BCUT2D eigenvalue weighted by Gasteiger charge is -2.25. The molecule has 0 saturated heterocycles. The molecule has 3 aromatic heterocycles. The number of nitrogens with zero attached hydrogens (tertiary/aromatic N) is 4. The summed E-state index contributed by atoms with van der Waals surface area (Å²) in [7, 11) is 1.73. The maximum Gasteiger partial charge on any atom is 0.254 e. The predicted molar refractivity (Wildman–Crippen MR) is 190 cm³/mol. The van der Waals surface area contributed by atoms with Gasteiger partial charge in [-0.1, -0.05) is 50.2 Å². The van der Waals surface area contributed by atoms with Crippen LogP contribution in [0.15, 0.2) is 96.9 Å². The molecule has 2 amide bonds. The molecule has 0 bridgehead atoms. The molecule has 0 aliphatic carbocycles. The van der Waals surface area contributed by atoms with Gasteiger partial charge in [0.05, 0.1) is 18.7 Å². The monoisotopic (exact) mass is 662 g/mol. The zero-order chi connectivity index (χ0) is 34.0. The first kappa shape index (κ1) is 34.6. The molecule has 48 heavy (non-hydrogen) atoms. The Hall–Kier alpha value is -4.77. The van der Waals surface area contributed by atoms with Gasteiger partial charge in [-0.3, -0.25) is 19.6 Å². The number of aliphatic hydroxyl groups is 1. The Morgan fingerprint density at radius 3 is 2.38 bits per heavy atom. The van der Waals surface area contributed by atoms with Crippen molar-refractivity contribution in [1.29, 1.82) is 0 Å². The summed E-state index contributed by atoms with van der Waals surface area (Å²) in [6.45, 7) is 7.32. The van der Waals surface area contributed by atoms with Crippen LogP contribution in [-0.2, 0) is 19.5 Å². The molecule has 0 aliphatic rings. The number of nitrogens with one attached hydrogen (secondary N) is 2. The fourth-order valence-corrected chi connectivity index (χ4v) is 6.22. The van der Waals surface area contributed by atoms with E-state index in [9.17, 15) is 14.7 Å². The average Bonchev–Trinajstić information content (AvgIpc) is 3.52. The Kier molecular flexibility index (Phi) is 11.8. The molecular weight excluding hydrogens is 621 g/mol. The second-order valence-corrected chi connectivity index (χ2v) is 13.3. The third-order valence-corrected chi connectivity index (χ3v) is 9.04. The van der Waals surface area contributed by atoms with E-state index < -0.39 is 12.1 Å². The van der Waals surface area contributed by atoms with Crippen LogP contribution in [-0.4, -0.2) is 62.5 Å². The number of rotatable bonds is 14. The SMILES string of the molecule is Cc1csc(CN(C)C(=O)c2cc(C(=O)N[C@@H](Cc3ccccc3)[C@H](O)CNCc3cncc(C(C)C)c3)cc(-c3ccncc3)c2)n1. The Balaban J connectivity index is 1.37. The summed E-state index contributed by atoms with van der Waals surface area (Å²) in [4.78, 5) is 42.2. The maximum atomic E-state index is 14.0.